The normalized spacial score (nSPS) is 19.8. The molecule has 4 rings (SSSR count). The second-order valence-electron chi connectivity index (χ2n) is 9.88. The number of rotatable bonds is 12. The molecule has 6 N–H and O–H groups in total. The number of nitrogens with zero attached hydrogens (tertiary/aromatic N) is 1. The summed E-state index contributed by atoms with van der Waals surface area (Å²) in [5, 5.41) is 20.7. The van der Waals surface area contributed by atoms with Gasteiger partial charge < -0.3 is 21.1 Å². The highest BCUT2D eigenvalue weighted by Crippen LogP contribution is 2.50. The van der Waals surface area contributed by atoms with Crippen molar-refractivity contribution in [2.75, 3.05) is 41.6 Å². The molecule has 8 nitrogen and oxygen atoms in total. The fraction of sp³-hybridized carbons (Fsp3) is 0.519. The van der Waals surface area contributed by atoms with Crippen LogP contribution < -0.4 is 20.3 Å². The monoisotopic (exact) mass is 516 g/mol. The Morgan fingerprint density at radius 3 is 2.61 bits per heavy atom. The SMILES string of the molecule is CCNc1cc(C(=O)N[C@@H](Cc2ccccc2)[C@H](O)CNCC2CC2)cc(N2CCCCS2(O)O)c1. The highest BCUT2D eigenvalue weighted by Gasteiger charge is 2.29. The number of anilines is 2. The first-order chi connectivity index (χ1) is 17.4. The predicted molar refractivity (Wildman–Crippen MR) is 148 cm³/mol. The van der Waals surface area contributed by atoms with Crippen LogP contribution in [-0.2, 0) is 6.42 Å². The highest BCUT2D eigenvalue weighted by molar-refractivity contribution is 8.25. The van der Waals surface area contributed by atoms with E-state index in [1.165, 1.54) is 12.8 Å². The van der Waals surface area contributed by atoms with Crippen LogP contribution in [0.4, 0.5) is 11.4 Å². The van der Waals surface area contributed by atoms with Gasteiger partial charge in [0, 0.05) is 30.9 Å². The number of amides is 1. The van der Waals surface area contributed by atoms with Crippen LogP contribution in [0.2, 0.25) is 0 Å². The molecule has 2 aliphatic rings. The van der Waals surface area contributed by atoms with E-state index in [-0.39, 0.29) is 5.91 Å². The minimum atomic E-state index is -2.91. The largest absolute Gasteiger partial charge is 0.390 e. The summed E-state index contributed by atoms with van der Waals surface area (Å²) in [4.78, 5) is 13.5. The molecule has 0 unspecified atom stereocenters. The molecule has 1 amide bonds. The van der Waals surface area contributed by atoms with E-state index in [0.717, 1.165) is 30.6 Å². The van der Waals surface area contributed by atoms with Crippen molar-refractivity contribution in [1.29, 1.82) is 0 Å². The van der Waals surface area contributed by atoms with Gasteiger partial charge in [0.05, 0.1) is 23.6 Å². The maximum Gasteiger partial charge on any atom is 0.251 e. The summed E-state index contributed by atoms with van der Waals surface area (Å²) in [6.45, 7) is 4.47. The quantitative estimate of drug-likeness (QED) is 0.252. The van der Waals surface area contributed by atoms with Crippen LogP contribution in [0.25, 0.3) is 0 Å². The van der Waals surface area contributed by atoms with Crippen LogP contribution in [0.15, 0.2) is 48.5 Å². The fourth-order valence-corrected chi connectivity index (χ4v) is 6.28. The van der Waals surface area contributed by atoms with Gasteiger partial charge in [-0.15, -0.1) is 10.8 Å². The first-order valence-corrected chi connectivity index (χ1v) is 14.7. The lowest BCUT2D eigenvalue weighted by atomic mass is 10.00. The molecule has 36 heavy (non-hydrogen) atoms. The third-order valence-corrected chi connectivity index (χ3v) is 8.73. The average molecular weight is 517 g/mol. The van der Waals surface area contributed by atoms with Crippen molar-refractivity contribution in [3.05, 3.63) is 59.7 Å². The number of aliphatic hydroxyl groups excluding tert-OH is 1. The van der Waals surface area contributed by atoms with E-state index in [0.29, 0.717) is 49.0 Å². The predicted octanol–water partition coefficient (Wildman–Crippen LogP) is 4.09. The van der Waals surface area contributed by atoms with Gasteiger partial charge in [-0.2, -0.15) is 0 Å². The molecule has 2 fully saturated rings. The molecule has 2 aromatic carbocycles. The smallest absolute Gasteiger partial charge is 0.251 e. The van der Waals surface area contributed by atoms with Gasteiger partial charge in [0.1, 0.15) is 0 Å². The van der Waals surface area contributed by atoms with Crippen LogP contribution in [0.1, 0.15) is 48.5 Å². The molecule has 2 aromatic rings. The highest BCUT2D eigenvalue weighted by atomic mass is 32.3. The van der Waals surface area contributed by atoms with Crippen LogP contribution in [-0.4, -0.2) is 64.2 Å². The molecule has 1 aliphatic carbocycles. The van der Waals surface area contributed by atoms with E-state index in [9.17, 15) is 19.0 Å². The number of carbonyl (C=O) groups excluding carboxylic acids is 1. The van der Waals surface area contributed by atoms with Crippen molar-refractivity contribution >= 4 is 28.1 Å². The maximum absolute atomic E-state index is 13.5. The second kappa shape index (κ2) is 12.3. The van der Waals surface area contributed by atoms with Gasteiger partial charge in [-0.05, 0) is 75.3 Å². The van der Waals surface area contributed by atoms with Gasteiger partial charge in [0.15, 0.2) is 0 Å². The molecule has 198 valence electrons. The van der Waals surface area contributed by atoms with Crippen molar-refractivity contribution in [3.8, 4) is 0 Å². The van der Waals surface area contributed by atoms with Gasteiger partial charge in [0.25, 0.3) is 5.91 Å². The lowest BCUT2D eigenvalue weighted by Crippen LogP contribution is -2.49. The van der Waals surface area contributed by atoms with Gasteiger partial charge in [-0.3, -0.25) is 18.2 Å². The van der Waals surface area contributed by atoms with E-state index in [1.807, 2.05) is 43.3 Å². The first kappa shape index (κ1) is 26.8. The third-order valence-electron chi connectivity index (χ3n) is 6.79. The lowest BCUT2D eigenvalue weighted by Gasteiger charge is -2.47. The number of nitrogens with one attached hydrogen (secondary N) is 3. The van der Waals surface area contributed by atoms with Crippen molar-refractivity contribution in [2.24, 2.45) is 5.92 Å². The Morgan fingerprint density at radius 1 is 1.14 bits per heavy atom. The molecule has 1 saturated carbocycles. The van der Waals surface area contributed by atoms with Crippen LogP contribution in [0, 0.1) is 5.92 Å². The summed E-state index contributed by atoms with van der Waals surface area (Å²) in [6.07, 6.45) is 3.86. The van der Waals surface area contributed by atoms with Crippen LogP contribution in [0.3, 0.4) is 0 Å². The van der Waals surface area contributed by atoms with E-state index in [1.54, 1.807) is 16.4 Å². The number of benzene rings is 2. The summed E-state index contributed by atoms with van der Waals surface area (Å²) < 4.78 is 22.9. The van der Waals surface area contributed by atoms with Gasteiger partial charge in [-0.1, -0.05) is 30.3 Å². The molecule has 0 aromatic heterocycles. The fourth-order valence-electron chi connectivity index (χ4n) is 4.60. The zero-order valence-electron chi connectivity index (χ0n) is 21.0. The molecule has 1 saturated heterocycles. The average Bonchev–Trinajstić information content (AvgIpc) is 3.68. The van der Waals surface area contributed by atoms with Gasteiger partial charge in [-0.25, -0.2) is 0 Å². The Morgan fingerprint density at radius 2 is 1.92 bits per heavy atom. The Kier molecular flexibility index (Phi) is 9.14. The minimum Gasteiger partial charge on any atom is -0.390 e. The van der Waals surface area contributed by atoms with Crippen molar-refractivity contribution in [1.82, 2.24) is 10.6 Å². The van der Waals surface area contributed by atoms with E-state index < -0.39 is 22.9 Å². The Labute approximate surface area is 216 Å². The Hall–Kier alpha value is -2.30. The molecule has 0 radical (unpaired) electrons. The van der Waals surface area contributed by atoms with Crippen molar-refractivity contribution in [2.45, 2.75) is 51.2 Å². The second-order valence-corrected chi connectivity index (χ2v) is 12.0. The van der Waals surface area contributed by atoms with Gasteiger partial charge in [0.2, 0.25) is 0 Å². The molecular formula is C27H40N4O4S. The summed E-state index contributed by atoms with van der Waals surface area (Å²) in [7, 11) is -2.91. The topological polar surface area (TPSA) is 117 Å². The molecule has 1 heterocycles. The molecule has 1 aliphatic heterocycles. The molecule has 9 heteroatoms. The maximum atomic E-state index is 13.5. The van der Waals surface area contributed by atoms with E-state index in [4.69, 9.17) is 0 Å². The summed E-state index contributed by atoms with van der Waals surface area (Å²) >= 11 is 0. The third kappa shape index (κ3) is 7.36. The first-order valence-electron chi connectivity index (χ1n) is 13.0. The Balaban J connectivity index is 1.54. The van der Waals surface area contributed by atoms with E-state index >= 15 is 0 Å². The molecule has 0 spiro atoms. The number of hydrogen-bond acceptors (Lipinski definition) is 7. The zero-order valence-corrected chi connectivity index (χ0v) is 21.8. The molecule has 2 atom stereocenters. The Bertz CT molecular complexity index is 1000. The zero-order chi connectivity index (χ0) is 25.5. The van der Waals surface area contributed by atoms with Crippen LogP contribution in [0.5, 0.6) is 0 Å². The van der Waals surface area contributed by atoms with Gasteiger partial charge >= 0.3 is 0 Å². The summed E-state index contributed by atoms with van der Waals surface area (Å²) in [5.41, 5.74) is 2.81. The number of aliphatic hydroxyl groups is 1. The minimum absolute atomic E-state index is 0.299. The number of hydrogen-bond donors (Lipinski definition) is 6. The van der Waals surface area contributed by atoms with Crippen LogP contribution >= 0.6 is 10.8 Å². The number of carbonyl (C=O) groups is 1. The van der Waals surface area contributed by atoms with E-state index in [2.05, 4.69) is 16.0 Å². The summed E-state index contributed by atoms with van der Waals surface area (Å²) in [5.74, 6) is 0.736. The molecular weight excluding hydrogens is 476 g/mol. The lowest BCUT2D eigenvalue weighted by molar-refractivity contribution is 0.0830. The summed E-state index contributed by atoms with van der Waals surface area (Å²) in [6, 6.07) is 14.7. The van der Waals surface area contributed by atoms with Crippen molar-refractivity contribution in [3.63, 3.8) is 0 Å². The van der Waals surface area contributed by atoms with Crippen molar-refractivity contribution < 1.29 is 19.0 Å². The standard InChI is InChI=1S/C27H40N4O4S/c1-2-29-23-15-22(16-24(17-23)31-12-6-7-13-36(31,34)35)27(33)30-25(14-20-8-4-3-5-9-20)26(32)19-28-18-21-10-11-21/h3-5,8-9,15-17,21,25-26,28-29,32,34-35H,2,6-7,10-14,18-19H2,1H3,(H,30,33)/t25-,26+/m0/s1. The molecule has 0 bridgehead atoms.